The van der Waals surface area contributed by atoms with Crippen molar-refractivity contribution in [3.8, 4) is 0 Å². The molecule has 2 aromatic carbocycles. The van der Waals surface area contributed by atoms with Gasteiger partial charge in [0.25, 0.3) is 10.0 Å². The first-order valence-corrected chi connectivity index (χ1v) is 11.9. The van der Waals surface area contributed by atoms with E-state index in [2.05, 4.69) is 25.4 Å². The zero-order valence-electron chi connectivity index (χ0n) is 15.1. The van der Waals surface area contributed by atoms with Gasteiger partial charge in [0.15, 0.2) is 0 Å². The van der Waals surface area contributed by atoms with Crippen molar-refractivity contribution >= 4 is 47.4 Å². The van der Waals surface area contributed by atoms with Gasteiger partial charge in [-0.1, -0.05) is 22.0 Å². The predicted molar refractivity (Wildman–Crippen MR) is 109 cm³/mol. The fraction of sp³-hybridized carbons (Fsp3) is 0.294. The average Bonchev–Trinajstić information content (AvgIpc) is 2.45. The van der Waals surface area contributed by atoms with Gasteiger partial charge in [-0.15, -0.1) is 0 Å². The normalized spacial score (nSPS) is 12.1. The van der Waals surface area contributed by atoms with Gasteiger partial charge in [-0.3, -0.25) is 9.44 Å². The molecule has 142 valence electrons. The maximum atomic E-state index is 13.0. The molecule has 6 nitrogen and oxygen atoms in total. The van der Waals surface area contributed by atoms with Crippen LogP contribution in [0.15, 0.2) is 33.6 Å². The van der Waals surface area contributed by atoms with Crippen LogP contribution in [0.25, 0.3) is 0 Å². The Morgan fingerprint density at radius 1 is 0.846 bits per heavy atom. The van der Waals surface area contributed by atoms with Crippen molar-refractivity contribution in [2.24, 2.45) is 0 Å². The van der Waals surface area contributed by atoms with Crippen LogP contribution >= 0.6 is 15.9 Å². The molecule has 0 atom stereocenters. The van der Waals surface area contributed by atoms with Crippen molar-refractivity contribution in [1.29, 1.82) is 0 Å². The van der Waals surface area contributed by atoms with Crippen LogP contribution in [0.3, 0.4) is 0 Å². The lowest BCUT2D eigenvalue weighted by molar-refractivity contribution is 0.599. The van der Waals surface area contributed by atoms with E-state index in [1.54, 1.807) is 45.9 Å². The highest BCUT2D eigenvalue weighted by Gasteiger charge is 2.24. The van der Waals surface area contributed by atoms with E-state index < -0.39 is 20.0 Å². The molecule has 0 aliphatic rings. The van der Waals surface area contributed by atoms with Gasteiger partial charge in [-0.2, -0.15) is 0 Å². The summed E-state index contributed by atoms with van der Waals surface area (Å²) in [6.45, 7) is 6.81. The quantitative estimate of drug-likeness (QED) is 0.708. The minimum atomic E-state index is -3.90. The fourth-order valence-corrected chi connectivity index (χ4v) is 5.63. The van der Waals surface area contributed by atoms with E-state index in [9.17, 15) is 16.8 Å². The minimum Gasteiger partial charge on any atom is -0.283 e. The summed E-state index contributed by atoms with van der Waals surface area (Å²) < 4.78 is 55.2. The van der Waals surface area contributed by atoms with E-state index >= 15 is 0 Å². The van der Waals surface area contributed by atoms with Gasteiger partial charge in [-0.25, -0.2) is 16.8 Å². The maximum absolute atomic E-state index is 13.0. The third-order valence-electron chi connectivity index (χ3n) is 3.89. The number of aryl methyl sites for hydroxylation is 3. The molecular formula is C17H21BrN2O4S2. The zero-order chi connectivity index (χ0) is 19.9. The first kappa shape index (κ1) is 20.7. The van der Waals surface area contributed by atoms with Crippen molar-refractivity contribution < 1.29 is 16.8 Å². The molecule has 0 radical (unpaired) electrons. The zero-order valence-corrected chi connectivity index (χ0v) is 18.4. The molecule has 0 aliphatic carbocycles. The van der Waals surface area contributed by atoms with Crippen molar-refractivity contribution in [3.63, 3.8) is 0 Å². The second kappa shape index (κ2) is 7.21. The Bertz CT molecular complexity index is 1080. The number of hydrogen-bond donors (Lipinski definition) is 2. The summed E-state index contributed by atoms with van der Waals surface area (Å²) in [5, 5.41) is 0. The molecule has 0 aromatic heterocycles. The van der Waals surface area contributed by atoms with E-state index in [0.29, 0.717) is 22.4 Å². The highest BCUT2D eigenvalue weighted by Crippen LogP contribution is 2.32. The summed E-state index contributed by atoms with van der Waals surface area (Å²) in [6.07, 6.45) is 1.03. The van der Waals surface area contributed by atoms with Gasteiger partial charge in [0.1, 0.15) is 0 Å². The van der Waals surface area contributed by atoms with Gasteiger partial charge in [0, 0.05) is 4.47 Å². The van der Waals surface area contributed by atoms with Crippen LogP contribution in [0.2, 0.25) is 0 Å². The molecule has 9 heteroatoms. The molecule has 26 heavy (non-hydrogen) atoms. The van der Waals surface area contributed by atoms with Crippen LogP contribution in [0, 0.1) is 27.7 Å². The first-order chi connectivity index (χ1) is 11.8. The van der Waals surface area contributed by atoms with E-state index in [1.165, 1.54) is 0 Å². The van der Waals surface area contributed by atoms with Crippen LogP contribution < -0.4 is 9.44 Å². The van der Waals surface area contributed by atoms with Crippen LogP contribution in [0.4, 0.5) is 11.4 Å². The standard InChI is InChI=1S/C17H21BrN2O4S2/c1-10-9-14(18)6-7-15(10)19-26(23,24)17-12(3)8-11(2)16(13(17)4)20-25(5,21)22/h6-9,19-20H,1-5H3. The Balaban J connectivity index is 2.60. The maximum Gasteiger partial charge on any atom is 0.262 e. The summed E-state index contributed by atoms with van der Waals surface area (Å²) in [5.41, 5.74) is 3.07. The molecule has 0 aliphatic heterocycles. The Kier molecular flexibility index (Phi) is 5.74. The van der Waals surface area contributed by atoms with Gasteiger partial charge < -0.3 is 0 Å². The molecule has 2 rings (SSSR count). The number of nitrogens with one attached hydrogen (secondary N) is 2. The van der Waals surface area contributed by atoms with Crippen LogP contribution in [0.5, 0.6) is 0 Å². The molecule has 2 N–H and O–H groups in total. The first-order valence-electron chi connectivity index (χ1n) is 7.69. The predicted octanol–water partition coefficient (Wildman–Crippen LogP) is 3.86. The molecule has 0 bridgehead atoms. The Labute approximate surface area is 163 Å². The number of sulfonamides is 2. The SMILES string of the molecule is Cc1cc(Br)ccc1NS(=O)(=O)c1c(C)cc(C)c(NS(C)(=O)=O)c1C. The van der Waals surface area contributed by atoms with Crippen LogP contribution in [-0.4, -0.2) is 23.1 Å². The third-order valence-corrected chi connectivity index (χ3v) is 6.61. The summed E-state index contributed by atoms with van der Waals surface area (Å²) >= 11 is 3.35. The smallest absolute Gasteiger partial charge is 0.262 e. The highest BCUT2D eigenvalue weighted by atomic mass is 79.9. The Morgan fingerprint density at radius 3 is 2.00 bits per heavy atom. The van der Waals surface area contributed by atoms with Gasteiger partial charge >= 0.3 is 0 Å². The molecule has 0 unspecified atom stereocenters. The van der Waals surface area contributed by atoms with Crippen molar-refractivity contribution in [1.82, 2.24) is 0 Å². The number of rotatable bonds is 5. The van der Waals surface area contributed by atoms with E-state index in [0.717, 1.165) is 16.3 Å². The van der Waals surface area contributed by atoms with Crippen LogP contribution in [0.1, 0.15) is 22.3 Å². The summed E-state index contributed by atoms with van der Waals surface area (Å²) in [5.74, 6) is 0. The molecule has 0 heterocycles. The Morgan fingerprint density at radius 2 is 1.46 bits per heavy atom. The monoisotopic (exact) mass is 460 g/mol. The summed E-state index contributed by atoms with van der Waals surface area (Å²) in [4.78, 5) is 0.0663. The topological polar surface area (TPSA) is 92.3 Å². The largest absolute Gasteiger partial charge is 0.283 e. The molecule has 0 fully saturated rings. The molecule has 0 spiro atoms. The van der Waals surface area contributed by atoms with E-state index in [1.807, 2.05) is 6.07 Å². The molecule has 0 saturated carbocycles. The van der Waals surface area contributed by atoms with E-state index in [4.69, 9.17) is 0 Å². The lowest BCUT2D eigenvalue weighted by atomic mass is 10.1. The number of halogens is 1. The number of benzene rings is 2. The second-order valence-electron chi connectivity index (χ2n) is 6.28. The summed E-state index contributed by atoms with van der Waals surface area (Å²) in [6, 6.07) is 6.88. The van der Waals surface area contributed by atoms with Crippen LogP contribution in [-0.2, 0) is 20.0 Å². The van der Waals surface area contributed by atoms with Crippen molar-refractivity contribution in [3.05, 3.63) is 51.0 Å². The number of anilines is 2. The molecule has 0 amide bonds. The average molecular weight is 461 g/mol. The van der Waals surface area contributed by atoms with E-state index in [-0.39, 0.29) is 10.6 Å². The van der Waals surface area contributed by atoms with Gasteiger partial charge in [0.2, 0.25) is 10.0 Å². The Hall–Kier alpha value is -1.58. The molecular weight excluding hydrogens is 440 g/mol. The van der Waals surface area contributed by atoms with Gasteiger partial charge in [0.05, 0.1) is 22.5 Å². The lowest BCUT2D eigenvalue weighted by Gasteiger charge is -2.19. The highest BCUT2D eigenvalue weighted by molar-refractivity contribution is 9.10. The molecule has 0 saturated heterocycles. The lowest BCUT2D eigenvalue weighted by Crippen LogP contribution is -2.19. The van der Waals surface area contributed by atoms with Crippen molar-refractivity contribution in [2.75, 3.05) is 15.7 Å². The summed E-state index contributed by atoms with van der Waals surface area (Å²) in [7, 11) is -7.44. The molecule has 2 aromatic rings. The number of hydrogen-bond acceptors (Lipinski definition) is 4. The second-order valence-corrected chi connectivity index (χ2v) is 10.6. The third kappa shape index (κ3) is 4.57. The fourth-order valence-electron chi connectivity index (χ4n) is 2.86. The van der Waals surface area contributed by atoms with Crippen molar-refractivity contribution in [2.45, 2.75) is 32.6 Å². The van der Waals surface area contributed by atoms with Gasteiger partial charge in [-0.05, 0) is 68.1 Å². The minimum absolute atomic E-state index is 0.0663.